The summed E-state index contributed by atoms with van der Waals surface area (Å²) in [5.41, 5.74) is 0.905. The SMILES string of the molecule is CS(=O)(=O)CCCN1C(=O)CNC1c1cccc(Cl)c1. The van der Waals surface area contributed by atoms with Gasteiger partial charge in [0.05, 0.1) is 12.3 Å². The van der Waals surface area contributed by atoms with Crippen molar-refractivity contribution in [2.45, 2.75) is 12.6 Å². The van der Waals surface area contributed by atoms with Crippen LogP contribution in [0, 0.1) is 0 Å². The van der Waals surface area contributed by atoms with E-state index in [9.17, 15) is 13.2 Å². The second-order valence-corrected chi connectivity index (χ2v) is 7.61. The number of amides is 1. The van der Waals surface area contributed by atoms with Crippen molar-refractivity contribution >= 4 is 27.3 Å². The molecule has 7 heteroatoms. The van der Waals surface area contributed by atoms with E-state index in [1.54, 1.807) is 17.0 Å². The summed E-state index contributed by atoms with van der Waals surface area (Å²) in [4.78, 5) is 13.5. The average Bonchev–Trinajstić information content (AvgIpc) is 2.70. The molecule has 1 heterocycles. The van der Waals surface area contributed by atoms with Gasteiger partial charge in [0.15, 0.2) is 0 Å². The van der Waals surface area contributed by atoms with E-state index in [-0.39, 0.29) is 24.4 Å². The van der Waals surface area contributed by atoms with Crippen molar-refractivity contribution in [1.29, 1.82) is 0 Å². The molecule has 0 aliphatic carbocycles. The minimum absolute atomic E-state index is 0.0246. The van der Waals surface area contributed by atoms with Crippen LogP contribution in [-0.4, -0.2) is 44.3 Å². The maximum atomic E-state index is 11.9. The molecule has 1 amide bonds. The fourth-order valence-corrected chi connectivity index (χ4v) is 3.12. The Morgan fingerprint density at radius 1 is 1.45 bits per heavy atom. The van der Waals surface area contributed by atoms with Crippen molar-refractivity contribution in [2.75, 3.05) is 25.1 Å². The lowest BCUT2D eigenvalue weighted by Crippen LogP contribution is -2.32. The second kappa shape index (κ2) is 6.11. The predicted molar refractivity (Wildman–Crippen MR) is 78.2 cm³/mol. The van der Waals surface area contributed by atoms with Crippen LogP contribution in [0.4, 0.5) is 0 Å². The van der Waals surface area contributed by atoms with Crippen LogP contribution in [0.1, 0.15) is 18.2 Å². The van der Waals surface area contributed by atoms with Crippen LogP contribution in [-0.2, 0) is 14.6 Å². The Labute approximate surface area is 123 Å². The summed E-state index contributed by atoms with van der Waals surface area (Å²) in [6.45, 7) is 0.673. The Balaban J connectivity index is 2.07. The van der Waals surface area contributed by atoms with Crippen LogP contribution in [0.2, 0.25) is 5.02 Å². The highest BCUT2D eigenvalue weighted by atomic mass is 35.5. The molecule has 20 heavy (non-hydrogen) atoms. The molecule has 1 aliphatic rings. The van der Waals surface area contributed by atoms with E-state index in [2.05, 4.69) is 5.32 Å². The van der Waals surface area contributed by atoms with Gasteiger partial charge in [-0.15, -0.1) is 0 Å². The molecule has 1 aromatic rings. The summed E-state index contributed by atoms with van der Waals surface area (Å²) < 4.78 is 22.3. The zero-order valence-corrected chi connectivity index (χ0v) is 12.7. The molecular weight excluding hydrogens is 300 g/mol. The summed E-state index contributed by atoms with van der Waals surface area (Å²) in [6, 6.07) is 7.31. The smallest absolute Gasteiger partial charge is 0.238 e. The number of halogens is 1. The van der Waals surface area contributed by atoms with Gasteiger partial charge in [-0.3, -0.25) is 10.1 Å². The number of carbonyl (C=O) groups excluding carboxylic acids is 1. The van der Waals surface area contributed by atoms with E-state index in [4.69, 9.17) is 11.6 Å². The third-order valence-corrected chi connectivity index (χ3v) is 4.42. The normalized spacial score (nSPS) is 19.6. The molecule has 0 aromatic heterocycles. The van der Waals surface area contributed by atoms with Crippen molar-refractivity contribution in [2.24, 2.45) is 0 Å². The van der Waals surface area contributed by atoms with Crippen molar-refractivity contribution in [3.8, 4) is 0 Å². The Kier molecular flexibility index (Phi) is 4.67. The first-order valence-corrected chi connectivity index (χ1v) is 8.77. The van der Waals surface area contributed by atoms with Gasteiger partial charge in [0.25, 0.3) is 0 Å². The molecule has 2 rings (SSSR count). The molecule has 5 nitrogen and oxygen atoms in total. The third kappa shape index (κ3) is 3.94. The number of nitrogens with one attached hydrogen (secondary N) is 1. The van der Waals surface area contributed by atoms with E-state index < -0.39 is 9.84 Å². The highest BCUT2D eigenvalue weighted by Gasteiger charge is 2.31. The van der Waals surface area contributed by atoms with E-state index in [1.807, 2.05) is 12.1 Å². The molecule has 1 aliphatic heterocycles. The number of benzene rings is 1. The van der Waals surface area contributed by atoms with Crippen molar-refractivity contribution < 1.29 is 13.2 Å². The first-order valence-electron chi connectivity index (χ1n) is 6.33. The molecule has 1 fully saturated rings. The van der Waals surface area contributed by atoms with Crippen LogP contribution in [0.15, 0.2) is 24.3 Å². The molecule has 1 N–H and O–H groups in total. The Bertz CT molecular complexity index is 603. The van der Waals surface area contributed by atoms with Crippen LogP contribution in [0.3, 0.4) is 0 Å². The maximum absolute atomic E-state index is 11.9. The van der Waals surface area contributed by atoms with Crippen molar-refractivity contribution in [1.82, 2.24) is 10.2 Å². The first kappa shape index (κ1) is 15.3. The van der Waals surface area contributed by atoms with Crippen LogP contribution in [0.25, 0.3) is 0 Å². The lowest BCUT2D eigenvalue weighted by atomic mass is 10.1. The molecule has 1 unspecified atom stereocenters. The molecular formula is C13H17ClN2O3S. The quantitative estimate of drug-likeness (QED) is 0.886. The minimum atomic E-state index is -3.00. The standard InChI is InChI=1S/C13H17ClN2O3S/c1-20(18,19)7-3-6-16-12(17)9-15-13(16)10-4-2-5-11(14)8-10/h2,4-5,8,13,15H,3,6-7,9H2,1H3. The van der Waals surface area contributed by atoms with E-state index in [0.29, 0.717) is 18.0 Å². The molecule has 0 saturated carbocycles. The highest BCUT2D eigenvalue weighted by molar-refractivity contribution is 7.90. The summed E-state index contributed by atoms with van der Waals surface area (Å²) in [5.74, 6) is 0.0578. The number of rotatable bonds is 5. The zero-order chi connectivity index (χ0) is 14.8. The van der Waals surface area contributed by atoms with Gasteiger partial charge >= 0.3 is 0 Å². The number of hydrogen-bond donors (Lipinski definition) is 1. The van der Waals surface area contributed by atoms with Gasteiger partial charge in [-0.05, 0) is 24.1 Å². The van der Waals surface area contributed by atoms with Gasteiger partial charge in [0.1, 0.15) is 16.0 Å². The van der Waals surface area contributed by atoms with Gasteiger partial charge in [-0.1, -0.05) is 23.7 Å². The number of sulfone groups is 1. The molecule has 0 spiro atoms. The van der Waals surface area contributed by atoms with Crippen LogP contribution >= 0.6 is 11.6 Å². The summed E-state index contributed by atoms with van der Waals surface area (Å²) in [6.07, 6.45) is 1.40. The van der Waals surface area contributed by atoms with E-state index in [0.717, 1.165) is 5.56 Å². The number of nitrogens with zero attached hydrogens (tertiary/aromatic N) is 1. The predicted octanol–water partition coefficient (Wildman–Crippen LogP) is 1.21. The van der Waals surface area contributed by atoms with E-state index >= 15 is 0 Å². The van der Waals surface area contributed by atoms with Crippen molar-refractivity contribution in [3.05, 3.63) is 34.9 Å². The Hall–Kier alpha value is -1.11. The van der Waals surface area contributed by atoms with Crippen LogP contribution in [0.5, 0.6) is 0 Å². The number of carbonyl (C=O) groups is 1. The fourth-order valence-electron chi connectivity index (χ4n) is 2.27. The number of hydrogen-bond acceptors (Lipinski definition) is 4. The van der Waals surface area contributed by atoms with Crippen molar-refractivity contribution in [3.63, 3.8) is 0 Å². The summed E-state index contributed by atoms with van der Waals surface area (Å²) >= 11 is 5.96. The van der Waals surface area contributed by atoms with Gasteiger partial charge in [0.2, 0.25) is 5.91 Å². The molecule has 110 valence electrons. The molecule has 0 radical (unpaired) electrons. The average molecular weight is 317 g/mol. The highest BCUT2D eigenvalue weighted by Crippen LogP contribution is 2.24. The van der Waals surface area contributed by atoms with Crippen LogP contribution < -0.4 is 5.32 Å². The van der Waals surface area contributed by atoms with Gasteiger partial charge in [-0.25, -0.2) is 8.42 Å². The van der Waals surface area contributed by atoms with Gasteiger partial charge in [-0.2, -0.15) is 0 Å². The molecule has 0 bridgehead atoms. The minimum Gasteiger partial charge on any atom is -0.322 e. The molecule has 1 aromatic carbocycles. The first-order chi connectivity index (χ1) is 9.37. The zero-order valence-electron chi connectivity index (χ0n) is 11.2. The second-order valence-electron chi connectivity index (χ2n) is 4.91. The third-order valence-electron chi connectivity index (χ3n) is 3.16. The summed E-state index contributed by atoms with van der Waals surface area (Å²) in [7, 11) is -3.00. The molecule has 1 atom stereocenters. The Morgan fingerprint density at radius 2 is 2.20 bits per heavy atom. The lowest BCUT2D eigenvalue weighted by molar-refractivity contribution is -0.128. The Morgan fingerprint density at radius 3 is 2.85 bits per heavy atom. The van der Waals surface area contributed by atoms with Gasteiger partial charge < -0.3 is 4.90 Å². The lowest BCUT2D eigenvalue weighted by Gasteiger charge is -2.24. The topological polar surface area (TPSA) is 66.5 Å². The van der Waals surface area contributed by atoms with Gasteiger partial charge in [0, 0.05) is 17.8 Å². The summed E-state index contributed by atoms with van der Waals surface area (Å²) in [5, 5.41) is 3.73. The fraction of sp³-hybridized carbons (Fsp3) is 0.462. The monoisotopic (exact) mass is 316 g/mol. The van der Waals surface area contributed by atoms with E-state index in [1.165, 1.54) is 6.26 Å². The molecule has 1 saturated heterocycles. The maximum Gasteiger partial charge on any atom is 0.238 e. The largest absolute Gasteiger partial charge is 0.322 e.